The van der Waals surface area contributed by atoms with E-state index in [2.05, 4.69) is 11.9 Å². The summed E-state index contributed by atoms with van der Waals surface area (Å²) in [6.45, 7) is 0. The van der Waals surface area contributed by atoms with Gasteiger partial charge in [0, 0.05) is 0 Å². The van der Waals surface area contributed by atoms with Crippen molar-refractivity contribution in [2.75, 3.05) is 0 Å². The molecule has 0 aliphatic carbocycles. The summed E-state index contributed by atoms with van der Waals surface area (Å²) in [6.07, 6.45) is -1.83. The van der Waals surface area contributed by atoms with Crippen molar-refractivity contribution in [1.82, 2.24) is 0 Å². The molecule has 5 heteroatoms. The minimum Gasteiger partial charge on any atom is -0.450 e. The summed E-state index contributed by atoms with van der Waals surface area (Å²) in [4.78, 5) is 8.56. The predicted octanol–water partition coefficient (Wildman–Crippen LogP) is 0.355. The fourth-order valence-corrected chi connectivity index (χ4v) is 0. The van der Waals surface area contributed by atoms with E-state index >= 15 is 0 Å². The van der Waals surface area contributed by atoms with Crippen molar-refractivity contribution in [2.45, 2.75) is 0 Å². The molecule has 0 aromatic carbocycles. The van der Waals surface area contributed by atoms with Crippen LogP contribution in [0, 0.1) is 0 Å². The van der Waals surface area contributed by atoms with Crippen LogP contribution in [0.25, 0.3) is 0 Å². The van der Waals surface area contributed by atoms with Crippen molar-refractivity contribution in [3.63, 3.8) is 0 Å². The van der Waals surface area contributed by atoms with Gasteiger partial charge in [-0.1, -0.05) is 0 Å². The van der Waals surface area contributed by atoms with E-state index in [4.69, 9.17) is 19.7 Å². The Morgan fingerprint density at radius 3 is 1.33 bits per heavy atom. The molecule has 0 unspecified atom stereocenters. The largest absolute Gasteiger partial charge is 0.503 e. The van der Waals surface area contributed by atoms with Crippen LogP contribution in [-0.2, 0) is 0 Å². The Balaban J connectivity index is 0. The first kappa shape index (κ1) is 9.10. The fraction of sp³-hybridized carbons (Fsp3) is 0. The number of carboxylic acid groups (broad SMARTS) is 2. The molecule has 0 saturated carbocycles. The van der Waals surface area contributed by atoms with Crippen LogP contribution in [0.4, 0.5) is 4.79 Å². The van der Waals surface area contributed by atoms with Gasteiger partial charge in [0.1, 0.15) is 0 Å². The van der Waals surface area contributed by atoms with Crippen molar-refractivity contribution >= 4 is 18.0 Å². The second-order valence-corrected chi connectivity index (χ2v) is 0.283. The van der Waals surface area contributed by atoms with Crippen molar-refractivity contribution in [3.8, 4) is 0 Å². The van der Waals surface area contributed by atoms with E-state index in [1.54, 1.807) is 0 Å². The molecule has 0 bridgehead atoms. The summed E-state index contributed by atoms with van der Waals surface area (Å²) >= 11 is 3.64. The molecular formula is CH3ClO4. The van der Waals surface area contributed by atoms with Gasteiger partial charge in [-0.05, 0) is 0 Å². The lowest BCUT2D eigenvalue weighted by atomic mass is 11.5. The van der Waals surface area contributed by atoms with E-state index in [9.17, 15) is 0 Å². The third-order valence-corrected chi connectivity index (χ3v) is 0. The molecule has 0 amide bonds. The quantitative estimate of drug-likeness (QED) is 0.425. The summed E-state index contributed by atoms with van der Waals surface area (Å²) in [5.74, 6) is 0. The molecule has 38 valence electrons. The van der Waals surface area contributed by atoms with Crippen molar-refractivity contribution < 1.29 is 19.7 Å². The normalized spacial score (nSPS) is 5.00. The van der Waals surface area contributed by atoms with Crippen LogP contribution in [0.1, 0.15) is 0 Å². The van der Waals surface area contributed by atoms with Gasteiger partial charge in [-0.3, -0.25) is 4.66 Å². The Bertz CT molecular complexity index is 30.5. The van der Waals surface area contributed by atoms with Gasteiger partial charge in [-0.25, -0.2) is 4.79 Å². The summed E-state index contributed by atoms with van der Waals surface area (Å²) in [5, 5.41) is 13.9. The van der Waals surface area contributed by atoms with Crippen molar-refractivity contribution in [1.29, 1.82) is 0 Å². The Morgan fingerprint density at radius 1 is 1.33 bits per heavy atom. The maximum atomic E-state index is 8.56. The van der Waals surface area contributed by atoms with Crippen molar-refractivity contribution in [2.24, 2.45) is 0 Å². The summed E-state index contributed by atoms with van der Waals surface area (Å²) in [6, 6.07) is 0. The average molecular weight is 114 g/mol. The lowest BCUT2D eigenvalue weighted by molar-refractivity contribution is 0.137. The highest BCUT2D eigenvalue weighted by Gasteiger charge is 1.70. The maximum Gasteiger partial charge on any atom is 0.503 e. The lowest BCUT2D eigenvalue weighted by Crippen LogP contribution is -1.81. The number of hydrogen-bond donors (Lipinski definition) is 3. The summed E-state index contributed by atoms with van der Waals surface area (Å²) in [5.41, 5.74) is 0. The van der Waals surface area contributed by atoms with Crippen LogP contribution in [-0.4, -0.2) is 21.0 Å². The SMILES string of the molecule is O=C(O)O.OCl. The number of carbonyl (C=O) groups is 1. The second-order valence-electron chi connectivity index (χ2n) is 0.283. The van der Waals surface area contributed by atoms with E-state index in [1.807, 2.05) is 0 Å². The first-order valence-electron chi connectivity index (χ1n) is 0.820. The van der Waals surface area contributed by atoms with Gasteiger partial charge in [0.2, 0.25) is 0 Å². The molecule has 0 spiro atoms. The summed E-state index contributed by atoms with van der Waals surface area (Å²) < 4.78 is 6.47. The monoisotopic (exact) mass is 114 g/mol. The lowest BCUT2D eigenvalue weighted by Gasteiger charge is -1.60. The zero-order chi connectivity index (χ0) is 5.58. The van der Waals surface area contributed by atoms with E-state index in [0.717, 1.165) is 0 Å². The van der Waals surface area contributed by atoms with Gasteiger partial charge in [0.25, 0.3) is 0 Å². The van der Waals surface area contributed by atoms with E-state index < -0.39 is 6.16 Å². The molecule has 0 aromatic rings. The van der Waals surface area contributed by atoms with Gasteiger partial charge in [-0.2, -0.15) is 0 Å². The Labute approximate surface area is 38.8 Å². The highest BCUT2D eigenvalue weighted by Crippen LogP contribution is 1.42. The molecule has 4 nitrogen and oxygen atoms in total. The molecular weight excluding hydrogens is 111 g/mol. The molecule has 0 saturated heterocycles. The molecule has 0 radical (unpaired) electrons. The highest BCUT2D eigenvalue weighted by molar-refractivity contribution is 6.04. The van der Waals surface area contributed by atoms with Crippen LogP contribution < -0.4 is 0 Å². The molecule has 0 aliphatic heterocycles. The smallest absolute Gasteiger partial charge is 0.450 e. The molecule has 3 N–H and O–H groups in total. The maximum absolute atomic E-state index is 8.56. The zero-order valence-electron chi connectivity index (χ0n) is 2.63. The Morgan fingerprint density at radius 2 is 1.33 bits per heavy atom. The zero-order valence-corrected chi connectivity index (χ0v) is 3.38. The molecule has 0 heterocycles. The van der Waals surface area contributed by atoms with E-state index in [1.165, 1.54) is 0 Å². The minimum atomic E-state index is -1.83. The van der Waals surface area contributed by atoms with E-state index in [0.29, 0.717) is 0 Å². The molecule has 0 aromatic heterocycles. The first-order valence-corrected chi connectivity index (χ1v) is 1.16. The average Bonchev–Trinajstić information content (AvgIpc) is 1.41. The van der Waals surface area contributed by atoms with Crippen LogP contribution >= 0.6 is 11.9 Å². The number of hydrogen-bond acceptors (Lipinski definition) is 2. The van der Waals surface area contributed by atoms with Gasteiger partial charge >= 0.3 is 6.16 Å². The van der Waals surface area contributed by atoms with Crippen LogP contribution in [0.5, 0.6) is 0 Å². The van der Waals surface area contributed by atoms with Crippen LogP contribution in [0.3, 0.4) is 0 Å². The minimum absolute atomic E-state index is 1.83. The van der Waals surface area contributed by atoms with E-state index in [-0.39, 0.29) is 0 Å². The predicted molar refractivity (Wildman–Crippen MR) is 18.7 cm³/mol. The third kappa shape index (κ3) is 97.0. The van der Waals surface area contributed by atoms with Gasteiger partial charge in [0.15, 0.2) is 0 Å². The van der Waals surface area contributed by atoms with Crippen molar-refractivity contribution in [3.05, 3.63) is 0 Å². The van der Waals surface area contributed by atoms with Crippen LogP contribution in [0.2, 0.25) is 0 Å². The molecule has 0 atom stereocenters. The molecule has 0 rings (SSSR count). The summed E-state index contributed by atoms with van der Waals surface area (Å²) in [7, 11) is 0. The standard InChI is InChI=1S/CH2O3.ClHO/c2-1(3)4;1-2/h(H2,2,3,4);2H. The third-order valence-electron chi connectivity index (χ3n) is 0. The van der Waals surface area contributed by atoms with Gasteiger partial charge in [0.05, 0.1) is 11.9 Å². The Kier molecular flexibility index (Phi) is 13.4. The van der Waals surface area contributed by atoms with Gasteiger partial charge in [-0.15, -0.1) is 0 Å². The molecule has 0 fully saturated rings. The number of halogens is 1. The van der Waals surface area contributed by atoms with Gasteiger partial charge < -0.3 is 10.2 Å². The number of rotatable bonds is 0. The molecule has 0 aliphatic rings. The highest BCUT2D eigenvalue weighted by atomic mass is 35.5. The first-order chi connectivity index (χ1) is 2.73. The second kappa shape index (κ2) is 8.82. The fourth-order valence-electron chi connectivity index (χ4n) is 0. The van der Waals surface area contributed by atoms with Crippen LogP contribution in [0.15, 0.2) is 0 Å². The Hall–Kier alpha value is -0.480. The molecule has 6 heavy (non-hydrogen) atoms. The topological polar surface area (TPSA) is 77.8 Å².